The number of carbonyl (C=O) groups excluding carboxylic acids is 1. The Labute approximate surface area is 95.6 Å². The number of hydrogen-bond acceptors (Lipinski definition) is 2. The van der Waals surface area contributed by atoms with Crippen molar-refractivity contribution in [3.8, 4) is 0 Å². The molecule has 2 rings (SSSR count). The molecule has 0 aliphatic heterocycles. The van der Waals surface area contributed by atoms with Crippen molar-refractivity contribution in [2.75, 3.05) is 6.54 Å². The van der Waals surface area contributed by atoms with Crippen LogP contribution in [0.25, 0.3) is 0 Å². The van der Waals surface area contributed by atoms with Crippen molar-refractivity contribution in [1.82, 2.24) is 10.3 Å². The highest BCUT2D eigenvalue weighted by molar-refractivity contribution is 5.92. The molecule has 16 heavy (non-hydrogen) atoms. The summed E-state index contributed by atoms with van der Waals surface area (Å²) in [7, 11) is 0. The van der Waals surface area contributed by atoms with E-state index in [2.05, 4.69) is 16.4 Å². The fourth-order valence-corrected chi connectivity index (χ4v) is 1.89. The minimum Gasteiger partial charge on any atom is -0.350 e. The van der Waals surface area contributed by atoms with Crippen LogP contribution in [0.5, 0.6) is 0 Å². The molecule has 0 spiro atoms. The molecule has 1 aliphatic carbocycles. The lowest BCUT2D eigenvalue weighted by atomic mass is 10.2. The van der Waals surface area contributed by atoms with E-state index in [0.29, 0.717) is 12.2 Å². The molecule has 0 saturated carbocycles. The van der Waals surface area contributed by atoms with Gasteiger partial charge in [-0.25, -0.2) is 0 Å². The molecule has 1 aliphatic rings. The van der Waals surface area contributed by atoms with E-state index in [1.807, 2.05) is 6.07 Å². The van der Waals surface area contributed by atoms with Gasteiger partial charge in [-0.3, -0.25) is 9.78 Å². The minimum atomic E-state index is -0.0841. The Hall–Kier alpha value is -1.64. The number of amides is 1. The SMILES string of the molecule is O=C(NCCC1=CCCC1)c1ccccn1. The molecule has 1 heterocycles. The summed E-state index contributed by atoms with van der Waals surface area (Å²) in [6.45, 7) is 0.710. The van der Waals surface area contributed by atoms with E-state index in [1.54, 1.807) is 18.3 Å². The Morgan fingerprint density at radius 1 is 1.44 bits per heavy atom. The van der Waals surface area contributed by atoms with Gasteiger partial charge < -0.3 is 5.32 Å². The van der Waals surface area contributed by atoms with Crippen LogP contribution in [0.2, 0.25) is 0 Å². The number of pyridine rings is 1. The Morgan fingerprint density at radius 2 is 2.38 bits per heavy atom. The zero-order valence-corrected chi connectivity index (χ0v) is 9.28. The first-order chi connectivity index (χ1) is 7.86. The van der Waals surface area contributed by atoms with Crippen molar-refractivity contribution in [2.45, 2.75) is 25.7 Å². The van der Waals surface area contributed by atoms with Crippen LogP contribution < -0.4 is 5.32 Å². The molecule has 0 saturated heterocycles. The summed E-state index contributed by atoms with van der Waals surface area (Å²) in [5, 5.41) is 2.88. The highest BCUT2D eigenvalue weighted by Gasteiger charge is 2.07. The maximum atomic E-state index is 11.6. The summed E-state index contributed by atoms with van der Waals surface area (Å²) in [6, 6.07) is 5.35. The number of hydrogen-bond donors (Lipinski definition) is 1. The largest absolute Gasteiger partial charge is 0.350 e. The third-order valence-corrected chi connectivity index (χ3v) is 2.76. The number of carbonyl (C=O) groups is 1. The van der Waals surface area contributed by atoms with E-state index in [0.717, 1.165) is 6.42 Å². The number of aromatic nitrogens is 1. The van der Waals surface area contributed by atoms with E-state index >= 15 is 0 Å². The van der Waals surface area contributed by atoms with Crippen LogP contribution in [-0.2, 0) is 0 Å². The van der Waals surface area contributed by atoms with Gasteiger partial charge in [0.2, 0.25) is 0 Å². The van der Waals surface area contributed by atoms with Gasteiger partial charge in [-0.05, 0) is 37.8 Å². The number of allylic oxidation sites excluding steroid dienone is 1. The molecule has 1 amide bonds. The van der Waals surface area contributed by atoms with Gasteiger partial charge in [0.25, 0.3) is 5.91 Å². The van der Waals surface area contributed by atoms with Crippen LogP contribution in [0.4, 0.5) is 0 Å². The van der Waals surface area contributed by atoms with E-state index in [-0.39, 0.29) is 5.91 Å². The highest BCUT2D eigenvalue weighted by Crippen LogP contribution is 2.19. The number of nitrogens with one attached hydrogen (secondary N) is 1. The molecule has 0 fully saturated rings. The second kappa shape index (κ2) is 5.45. The van der Waals surface area contributed by atoms with Gasteiger partial charge in [-0.15, -0.1) is 0 Å². The van der Waals surface area contributed by atoms with Gasteiger partial charge in [0, 0.05) is 12.7 Å². The fourth-order valence-electron chi connectivity index (χ4n) is 1.89. The molecular weight excluding hydrogens is 200 g/mol. The molecule has 0 unspecified atom stereocenters. The maximum Gasteiger partial charge on any atom is 0.269 e. The van der Waals surface area contributed by atoms with Gasteiger partial charge in [-0.2, -0.15) is 0 Å². The molecule has 3 nitrogen and oxygen atoms in total. The predicted octanol–water partition coefficient (Wildman–Crippen LogP) is 2.31. The molecule has 1 aromatic rings. The van der Waals surface area contributed by atoms with Crippen molar-refractivity contribution >= 4 is 5.91 Å². The number of rotatable bonds is 4. The Bertz CT molecular complexity index is 384. The van der Waals surface area contributed by atoms with E-state index < -0.39 is 0 Å². The third-order valence-electron chi connectivity index (χ3n) is 2.76. The molecule has 1 aromatic heterocycles. The van der Waals surface area contributed by atoms with Crippen LogP contribution in [-0.4, -0.2) is 17.4 Å². The van der Waals surface area contributed by atoms with Gasteiger partial charge in [0.15, 0.2) is 0 Å². The normalized spacial score (nSPS) is 14.6. The van der Waals surface area contributed by atoms with Gasteiger partial charge in [0.05, 0.1) is 0 Å². The molecule has 0 atom stereocenters. The lowest BCUT2D eigenvalue weighted by molar-refractivity contribution is 0.0949. The Morgan fingerprint density at radius 3 is 3.06 bits per heavy atom. The quantitative estimate of drug-likeness (QED) is 0.785. The molecule has 0 bridgehead atoms. The fraction of sp³-hybridized carbons (Fsp3) is 0.385. The van der Waals surface area contributed by atoms with E-state index in [4.69, 9.17) is 0 Å². The first-order valence-corrected chi connectivity index (χ1v) is 5.73. The maximum absolute atomic E-state index is 11.6. The van der Waals surface area contributed by atoms with Gasteiger partial charge >= 0.3 is 0 Å². The summed E-state index contributed by atoms with van der Waals surface area (Å²) >= 11 is 0. The zero-order chi connectivity index (χ0) is 11.2. The molecule has 0 aromatic carbocycles. The average molecular weight is 216 g/mol. The summed E-state index contributed by atoms with van der Waals surface area (Å²) in [5.41, 5.74) is 1.96. The lowest BCUT2D eigenvalue weighted by Crippen LogP contribution is -2.25. The standard InChI is InChI=1S/C13H16N2O/c16-13(12-7-3-4-9-14-12)15-10-8-11-5-1-2-6-11/h3-5,7,9H,1-2,6,8,10H2,(H,15,16). The van der Waals surface area contributed by atoms with Crippen molar-refractivity contribution in [3.05, 3.63) is 41.7 Å². The van der Waals surface area contributed by atoms with Crippen LogP contribution in [0.1, 0.15) is 36.2 Å². The van der Waals surface area contributed by atoms with Crippen LogP contribution in [0.3, 0.4) is 0 Å². The second-order valence-corrected chi connectivity index (χ2v) is 3.98. The third kappa shape index (κ3) is 2.92. The summed E-state index contributed by atoms with van der Waals surface area (Å²) in [6.07, 6.45) is 8.55. The molecular formula is C13H16N2O. The smallest absolute Gasteiger partial charge is 0.269 e. The van der Waals surface area contributed by atoms with Crippen LogP contribution in [0, 0.1) is 0 Å². The van der Waals surface area contributed by atoms with Crippen molar-refractivity contribution in [3.63, 3.8) is 0 Å². The van der Waals surface area contributed by atoms with Gasteiger partial charge in [0.1, 0.15) is 5.69 Å². The summed E-state index contributed by atoms with van der Waals surface area (Å²) < 4.78 is 0. The van der Waals surface area contributed by atoms with Crippen LogP contribution in [0.15, 0.2) is 36.0 Å². The minimum absolute atomic E-state index is 0.0841. The predicted molar refractivity (Wildman–Crippen MR) is 63.1 cm³/mol. The van der Waals surface area contributed by atoms with Crippen molar-refractivity contribution in [1.29, 1.82) is 0 Å². The zero-order valence-electron chi connectivity index (χ0n) is 9.28. The van der Waals surface area contributed by atoms with Crippen molar-refractivity contribution < 1.29 is 4.79 Å². The summed E-state index contributed by atoms with van der Waals surface area (Å²) in [4.78, 5) is 15.6. The van der Waals surface area contributed by atoms with E-state index in [1.165, 1.54) is 24.8 Å². The van der Waals surface area contributed by atoms with Gasteiger partial charge in [-0.1, -0.05) is 17.7 Å². The molecule has 1 N–H and O–H groups in total. The first-order valence-electron chi connectivity index (χ1n) is 5.73. The lowest BCUT2D eigenvalue weighted by Gasteiger charge is -2.04. The van der Waals surface area contributed by atoms with E-state index in [9.17, 15) is 4.79 Å². The second-order valence-electron chi connectivity index (χ2n) is 3.98. The van der Waals surface area contributed by atoms with Crippen molar-refractivity contribution in [2.24, 2.45) is 0 Å². The molecule has 84 valence electrons. The summed E-state index contributed by atoms with van der Waals surface area (Å²) in [5.74, 6) is -0.0841. The molecule has 0 radical (unpaired) electrons. The van der Waals surface area contributed by atoms with Crippen LogP contribution >= 0.6 is 0 Å². The number of nitrogens with zero attached hydrogens (tertiary/aromatic N) is 1. The Balaban J connectivity index is 1.76. The highest BCUT2D eigenvalue weighted by atomic mass is 16.1. The monoisotopic (exact) mass is 216 g/mol. The first kappa shape index (κ1) is 10.9. The Kier molecular flexibility index (Phi) is 3.70. The average Bonchev–Trinajstić information content (AvgIpc) is 2.83. The topological polar surface area (TPSA) is 42.0 Å². The molecule has 3 heteroatoms.